The molecule has 0 aliphatic heterocycles. The number of ether oxygens (including phenoxy) is 1. The van der Waals surface area contributed by atoms with Crippen molar-refractivity contribution >= 4 is 40.0 Å². The van der Waals surface area contributed by atoms with Gasteiger partial charge in [0.25, 0.3) is 0 Å². The fraction of sp³-hybridized carbons (Fsp3) is 0.217. The number of aryl methyl sites for hydroxylation is 1. The van der Waals surface area contributed by atoms with Crippen LogP contribution < -0.4 is 10.1 Å². The van der Waals surface area contributed by atoms with E-state index < -0.39 is 0 Å². The molecule has 7 heteroatoms. The van der Waals surface area contributed by atoms with Gasteiger partial charge in [-0.1, -0.05) is 6.07 Å². The van der Waals surface area contributed by atoms with Crippen molar-refractivity contribution in [2.24, 2.45) is 0 Å². The number of anilines is 2. The van der Waals surface area contributed by atoms with E-state index in [-0.39, 0.29) is 0 Å². The Bertz CT molecular complexity index is 1200. The molecule has 30 heavy (non-hydrogen) atoms. The summed E-state index contributed by atoms with van der Waals surface area (Å²) in [7, 11) is 0. The molecule has 0 saturated carbocycles. The summed E-state index contributed by atoms with van der Waals surface area (Å²) >= 11 is 3.50. The third-order valence-corrected chi connectivity index (χ3v) is 7.15. The Morgan fingerprint density at radius 1 is 1.10 bits per heavy atom. The van der Waals surface area contributed by atoms with E-state index in [4.69, 9.17) is 4.74 Å². The number of aromatic nitrogens is 2. The van der Waals surface area contributed by atoms with Crippen LogP contribution in [0.2, 0.25) is 0 Å². The largest absolute Gasteiger partial charge is 0.494 e. The van der Waals surface area contributed by atoms with Crippen molar-refractivity contribution in [3.8, 4) is 17.0 Å². The number of Topliss-reactive ketones (excluding diaryl/α,β-unsaturated/α-hetero) is 1. The summed E-state index contributed by atoms with van der Waals surface area (Å²) in [6, 6.07) is 12.0. The van der Waals surface area contributed by atoms with Gasteiger partial charge in [0.1, 0.15) is 5.75 Å². The second-order valence-corrected chi connectivity index (χ2v) is 9.13. The second kappa shape index (κ2) is 8.08. The van der Waals surface area contributed by atoms with Gasteiger partial charge in [0.15, 0.2) is 11.6 Å². The van der Waals surface area contributed by atoms with Gasteiger partial charge in [-0.05, 0) is 48.4 Å². The van der Waals surface area contributed by atoms with E-state index in [1.165, 1.54) is 20.9 Å². The van der Waals surface area contributed by atoms with Gasteiger partial charge in [0.2, 0.25) is 0 Å². The number of rotatable bonds is 4. The first-order valence-electron chi connectivity index (χ1n) is 9.96. The number of ketones is 1. The van der Waals surface area contributed by atoms with Crippen LogP contribution in [0.4, 0.5) is 11.5 Å². The van der Waals surface area contributed by atoms with Crippen LogP contribution in [-0.4, -0.2) is 22.6 Å². The van der Waals surface area contributed by atoms with Crippen molar-refractivity contribution < 1.29 is 9.53 Å². The lowest BCUT2D eigenvalue weighted by Crippen LogP contribution is -1.96. The Hall–Kier alpha value is -2.90. The fourth-order valence-corrected chi connectivity index (χ4v) is 5.63. The molecule has 0 saturated heterocycles. The highest BCUT2D eigenvalue weighted by Crippen LogP contribution is 2.42. The Balaban J connectivity index is 0.000000178. The number of nitrogens with one attached hydrogen (secondary N) is 2. The number of carbonyl (C=O) groups is 1. The van der Waals surface area contributed by atoms with Crippen LogP contribution in [-0.2, 0) is 12.8 Å². The lowest BCUT2D eigenvalue weighted by atomic mass is 10.2. The zero-order chi connectivity index (χ0) is 20.5. The van der Waals surface area contributed by atoms with Gasteiger partial charge in [-0.25, -0.2) is 0 Å². The molecule has 4 aromatic rings. The third kappa shape index (κ3) is 3.55. The second-order valence-electron chi connectivity index (χ2n) is 7.13. The number of hydrogen-bond acceptors (Lipinski definition) is 6. The molecule has 3 heterocycles. The SMILES string of the molecule is CCOc1cccc(Nc2n[nH]c3c2Cc2sccc2-3)c1.O=C1CCc2sccc21. The maximum absolute atomic E-state index is 10.9. The number of hydrogen-bond donors (Lipinski definition) is 2. The molecular weight excluding hydrogens is 414 g/mol. The van der Waals surface area contributed by atoms with E-state index >= 15 is 0 Å². The molecule has 0 unspecified atom stereocenters. The maximum atomic E-state index is 10.9. The Labute approximate surface area is 182 Å². The van der Waals surface area contributed by atoms with Gasteiger partial charge in [0.05, 0.1) is 12.3 Å². The van der Waals surface area contributed by atoms with Crippen LogP contribution in [0.1, 0.15) is 39.0 Å². The van der Waals surface area contributed by atoms with E-state index in [1.807, 2.05) is 42.6 Å². The number of nitrogens with zero attached hydrogens (tertiary/aromatic N) is 1. The summed E-state index contributed by atoms with van der Waals surface area (Å²) in [5.74, 6) is 2.10. The molecule has 0 amide bonds. The minimum Gasteiger partial charge on any atom is -0.494 e. The molecule has 6 rings (SSSR count). The molecule has 0 fully saturated rings. The smallest absolute Gasteiger partial charge is 0.164 e. The molecule has 2 N–H and O–H groups in total. The number of aromatic amines is 1. The van der Waals surface area contributed by atoms with E-state index in [9.17, 15) is 4.79 Å². The van der Waals surface area contributed by atoms with Gasteiger partial charge in [-0.2, -0.15) is 5.10 Å². The summed E-state index contributed by atoms with van der Waals surface area (Å²) in [5.41, 5.74) is 5.65. The average Bonchev–Trinajstić information content (AvgIpc) is 3.52. The Morgan fingerprint density at radius 3 is 2.77 bits per heavy atom. The summed E-state index contributed by atoms with van der Waals surface area (Å²) in [6.45, 7) is 2.65. The van der Waals surface area contributed by atoms with Crippen molar-refractivity contribution in [1.82, 2.24) is 10.2 Å². The molecule has 1 aromatic carbocycles. The van der Waals surface area contributed by atoms with Crippen molar-refractivity contribution in [2.75, 3.05) is 11.9 Å². The molecule has 152 valence electrons. The van der Waals surface area contributed by atoms with E-state index in [0.29, 0.717) is 12.4 Å². The van der Waals surface area contributed by atoms with Crippen molar-refractivity contribution in [1.29, 1.82) is 0 Å². The van der Waals surface area contributed by atoms with Crippen molar-refractivity contribution in [3.05, 3.63) is 68.0 Å². The highest BCUT2D eigenvalue weighted by atomic mass is 32.1. The Kier molecular flexibility index (Phi) is 5.14. The van der Waals surface area contributed by atoms with Gasteiger partial charge < -0.3 is 10.1 Å². The fourth-order valence-electron chi connectivity index (χ4n) is 3.84. The molecule has 3 aromatic heterocycles. The monoisotopic (exact) mass is 435 g/mol. The first-order chi connectivity index (χ1) is 14.7. The van der Waals surface area contributed by atoms with Crippen LogP contribution in [0.15, 0.2) is 47.2 Å². The number of H-pyrrole nitrogens is 1. The van der Waals surface area contributed by atoms with E-state index in [0.717, 1.165) is 47.8 Å². The minimum atomic E-state index is 0.325. The van der Waals surface area contributed by atoms with E-state index in [2.05, 4.69) is 27.0 Å². The van der Waals surface area contributed by atoms with Gasteiger partial charge in [0, 0.05) is 51.0 Å². The molecule has 2 aliphatic carbocycles. The zero-order valence-electron chi connectivity index (χ0n) is 16.5. The van der Waals surface area contributed by atoms with Crippen molar-refractivity contribution in [2.45, 2.75) is 26.2 Å². The molecule has 0 radical (unpaired) electrons. The normalized spacial score (nSPS) is 13.3. The molecule has 2 aliphatic rings. The zero-order valence-corrected chi connectivity index (χ0v) is 18.2. The van der Waals surface area contributed by atoms with Crippen LogP contribution >= 0.6 is 22.7 Å². The number of carbonyl (C=O) groups excluding carboxylic acids is 1. The molecular formula is C23H21N3O2S2. The lowest BCUT2D eigenvalue weighted by molar-refractivity contribution is 0.0994. The van der Waals surface area contributed by atoms with Gasteiger partial charge in [-0.15, -0.1) is 22.7 Å². The highest BCUT2D eigenvalue weighted by Gasteiger charge is 2.25. The number of thiophene rings is 2. The first kappa shape index (κ1) is 19.1. The minimum absolute atomic E-state index is 0.325. The molecule has 0 bridgehead atoms. The van der Waals surface area contributed by atoms with E-state index in [1.54, 1.807) is 22.7 Å². The van der Waals surface area contributed by atoms with Gasteiger partial charge in [-0.3, -0.25) is 9.89 Å². The molecule has 0 spiro atoms. The quantitative estimate of drug-likeness (QED) is 0.360. The lowest BCUT2D eigenvalue weighted by Gasteiger charge is -2.07. The molecule has 0 atom stereocenters. The number of fused-ring (bicyclic) bond motifs is 4. The van der Waals surface area contributed by atoms with Gasteiger partial charge >= 0.3 is 0 Å². The van der Waals surface area contributed by atoms with Crippen LogP contribution in [0, 0.1) is 0 Å². The molecule has 5 nitrogen and oxygen atoms in total. The van der Waals surface area contributed by atoms with Crippen LogP contribution in [0.5, 0.6) is 5.75 Å². The number of benzene rings is 1. The maximum Gasteiger partial charge on any atom is 0.164 e. The first-order valence-corrected chi connectivity index (χ1v) is 11.7. The van der Waals surface area contributed by atoms with Crippen molar-refractivity contribution in [3.63, 3.8) is 0 Å². The summed E-state index contributed by atoms with van der Waals surface area (Å²) < 4.78 is 5.53. The summed E-state index contributed by atoms with van der Waals surface area (Å²) in [4.78, 5) is 13.6. The van der Waals surface area contributed by atoms with Crippen LogP contribution in [0.25, 0.3) is 11.3 Å². The average molecular weight is 436 g/mol. The topological polar surface area (TPSA) is 67.0 Å². The summed E-state index contributed by atoms with van der Waals surface area (Å²) in [5, 5.41) is 15.1. The summed E-state index contributed by atoms with van der Waals surface area (Å²) in [6.07, 6.45) is 2.67. The highest BCUT2D eigenvalue weighted by molar-refractivity contribution is 7.10. The van der Waals surface area contributed by atoms with Crippen LogP contribution in [0.3, 0.4) is 0 Å². The standard InChI is InChI=1S/C16H15N3OS.C7H6OS/c1-2-20-11-5-3-4-10(8-11)17-16-13-9-14-12(6-7-21-14)15(13)18-19-16;8-6-1-2-7-5(6)3-4-9-7/h3-8H,2,9H2,1H3,(H2,17,18,19);3-4H,1-2H2. The predicted octanol–water partition coefficient (Wildman–Crippen LogP) is 6.06. The Morgan fingerprint density at radius 2 is 1.93 bits per heavy atom. The third-order valence-electron chi connectivity index (χ3n) is 5.25. The predicted molar refractivity (Wildman–Crippen MR) is 123 cm³/mol.